The van der Waals surface area contributed by atoms with E-state index in [2.05, 4.69) is 10.6 Å². The van der Waals surface area contributed by atoms with E-state index in [4.69, 9.17) is 14.2 Å². The number of anilines is 1. The van der Waals surface area contributed by atoms with Crippen molar-refractivity contribution in [3.05, 3.63) is 54.1 Å². The van der Waals surface area contributed by atoms with Crippen molar-refractivity contribution in [2.45, 2.75) is 31.8 Å². The zero-order chi connectivity index (χ0) is 21.2. The topological polar surface area (TPSA) is 85.9 Å². The van der Waals surface area contributed by atoms with Gasteiger partial charge >= 0.3 is 0 Å². The van der Waals surface area contributed by atoms with Crippen molar-refractivity contribution in [3.63, 3.8) is 0 Å². The summed E-state index contributed by atoms with van der Waals surface area (Å²) in [5.74, 6) is 1.11. The first-order chi connectivity index (χ1) is 14.7. The second-order valence-corrected chi connectivity index (χ2v) is 7.07. The summed E-state index contributed by atoms with van der Waals surface area (Å²) in [6.07, 6.45) is 2.90. The Morgan fingerprint density at radius 2 is 1.87 bits per heavy atom. The van der Waals surface area contributed by atoms with Gasteiger partial charge in [-0.2, -0.15) is 0 Å². The van der Waals surface area contributed by atoms with Crippen LogP contribution in [0, 0.1) is 0 Å². The molecule has 0 unspecified atom stereocenters. The van der Waals surface area contributed by atoms with Crippen LogP contribution < -0.4 is 20.1 Å². The Kier molecular flexibility index (Phi) is 8.09. The Balaban J connectivity index is 1.43. The van der Waals surface area contributed by atoms with Crippen LogP contribution in [0.4, 0.5) is 5.69 Å². The lowest BCUT2D eigenvalue weighted by molar-refractivity contribution is -0.116. The van der Waals surface area contributed by atoms with Crippen LogP contribution in [-0.4, -0.2) is 44.8 Å². The van der Waals surface area contributed by atoms with Crippen LogP contribution in [0.1, 0.15) is 36.0 Å². The highest BCUT2D eigenvalue weighted by Gasteiger charge is 2.18. The molecular weight excluding hydrogens is 384 g/mol. The molecule has 0 radical (unpaired) electrons. The van der Waals surface area contributed by atoms with E-state index in [-0.39, 0.29) is 17.9 Å². The number of amides is 2. The maximum absolute atomic E-state index is 12.5. The molecule has 0 bridgehead atoms. The van der Waals surface area contributed by atoms with Crippen LogP contribution in [0.2, 0.25) is 0 Å². The number of hydrogen-bond donors (Lipinski definition) is 2. The first-order valence-corrected chi connectivity index (χ1v) is 10.2. The molecule has 2 amide bonds. The van der Waals surface area contributed by atoms with Crippen molar-refractivity contribution in [3.8, 4) is 11.5 Å². The number of carbonyl (C=O) groups excluding carboxylic acids is 2. The molecule has 1 heterocycles. The molecule has 1 fully saturated rings. The Labute approximate surface area is 176 Å². The van der Waals surface area contributed by atoms with Crippen molar-refractivity contribution in [2.24, 2.45) is 0 Å². The molecule has 2 aromatic carbocycles. The molecule has 160 valence electrons. The molecule has 1 atom stereocenters. The number of nitrogens with one attached hydrogen (secondary N) is 2. The van der Waals surface area contributed by atoms with E-state index in [9.17, 15) is 9.59 Å². The molecule has 0 aromatic heterocycles. The third-order valence-corrected chi connectivity index (χ3v) is 4.84. The molecule has 0 aliphatic carbocycles. The monoisotopic (exact) mass is 412 g/mol. The van der Waals surface area contributed by atoms with Gasteiger partial charge in [0.1, 0.15) is 11.5 Å². The first kappa shape index (κ1) is 21.6. The minimum atomic E-state index is -0.218. The molecule has 1 aliphatic rings. The Morgan fingerprint density at radius 1 is 1.10 bits per heavy atom. The highest BCUT2D eigenvalue weighted by Crippen LogP contribution is 2.18. The standard InChI is InChI=1S/C23H28N2O5/c1-28-17-10-12-18(13-11-17)29-15-5-9-22(26)25-21-8-3-2-7-20(21)23(27)24-16-19-6-4-14-30-19/h2-3,7-8,10-13,19H,4-6,9,14-16H2,1H3,(H,24,27)(H,25,26)/t19-/m1/s1. The fourth-order valence-corrected chi connectivity index (χ4v) is 3.20. The van der Waals surface area contributed by atoms with Crippen LogP contribution in [-0.2, 0) is 9.53 Å². The van der Waals surface area contributed by atoms with Crippen molar-refractivity contribution >= 4 is 17.5 Å². The predicted molar refractivity (Wildman–Crippen MR) is 114 cm³/mol. The summed E-state index contributed by atoms with van der Waals surface area (Å²) in [5, 5.41) is 5.72. The second kappa shape index (κ2) is 11.2. The minimum absolute atomic E-state index is 0.0707. The molecule has 1 aliphatic heterocycles. The van der Waals surface area contributed by atoms with E-state index in [1.807, 2.05) is 24.3 Å². The molecule has 0 spiro atoms. The maximum atomic E-state index is 12.5. The van der Waals surface area contributed by atoms with Gasteiger partial charge in [-0.05, 0) is 55.7 Å². The van der Waals surface area contributed by atoms with E-state index in [1.165, 1.54) is 0 Å². The minimum Gasteiger partial charge on any atom is -0.497 e. The van der Waals surface area contributed by atoms with E-state index in [0.717, 1.165) is 30.9 Å². The van der Waals surface area contributed by atoms with Crippen LogP contribution in [0.3, 0.4) is 0 Å². The van der Waals surface area contributed by atoms with E-state index >= 15 is 0 Å². The zero-order valence-electron chi connectivity index (χ0n) is 17.2. The third kappa shape index (κ3) is 6.49. The van der Waals surface area contributed by atoms with Gasteiger partial charge in [0.15, 0.2) is 0 Å². The van der Waals surface area contributed by atoms with Crippen molar-refractivity contribution in [2.75, 3.05) is 32.2 Å². The SMILES string of the molecule is COc1ccc(OCCCC(=O)Nc2ccccc2C(=O)NC[C@H]2CCCO2)cc1. The van der Waals surface area contributed by atoms with Gasteiger partial charge in [0.25, 0.3) is 5.91 Å². The number of methoxy groups -OCH3 is 1. The zero-order valence-corrected chi connectivity index (χ0v) is 17.2. The second-order valence-electron chi connectivity index (χ2n) is 7.07. The smallest absolute Gasteiger partial charge is 0.253 e. The molecule has 2 aromatic rings. The quantitative estimate of drug-likeness (QED) is 0.584. The highest BCUT2D eigenvalue weighted by atomic mass is 16.5. The fraction of sp³-hybridized carbons (Fsp3) is 0.391. The molecule has 1 saturated heterocycles. The third-order valence-electron chi connectivity index (χ3n) is 4.84. The average Bonchev–Trinajstić information content (AvgIpc) is 3.29. The van der Waals surface area contributed by atoms with E-state index in [0.29, 0.717) is 37.2 Å². The van der Waals surface area contributed by atoms with Crippen molar-refractivity contribution in [1.82, 2.24) is 5.32 Å². The highest BCUT2D eigenvalue weighted by molar-refractivity contribution is 6.03. The number of benzene rings is 2. The van der Waals surface area contributed by atoms with Gasteiger partial charge in [0, 0.05) is 19.6 Å². The lowest BCUT2D eigenvalue weighted by atomic mass is 10.1. The van der Waals surface area contributed by atoms with E-state index < -0.39 is 0 Å². The normalized spacial score (nSPS) is 15.4. The summed E-state index contributed by atoms with van der Waals surface area (Å²) in [6, 6.07) is 14.3. The average molecular weight is 412 g/mol. The van der Waals surface area contributed by atoms with Crippen LogP contribution >= 0.6 is 0 Å². The molecular formula is C23H28N2O5. The first-order valence-electron chi connectivity index (χ1n) is 10.2. The molecule has 7 heteroatoms. The fourth-order valence-electron chi connectivity index (χ4n) is 3.20. The molecule has 3 rings (SSSR count). The number of para-hydroxylation sites is 1. The Bertz CT molecular complexity index is 832. The number of rotatable bonds is 10. The predicted octanol–water partition coefficient (Wildman–Crippen LogP) is 3.40. The lowest BCUT2D eigenvalue weighted by Crippen LogP contribution is -2.32. The lowest BCUT2D eigenvalue weighted by Gasteiger charge is -2.14. The molecule has 7 nitrogen and oxygen atoms in total. The largest absolute Gasteiger partial charge is 0.497 e. The van der Waals surface area contributed by atoms with Gasteiger partial charge < -0.3 is 24.8 Å². The summed E-state index contributed by atoms with van der Waals surface area (Å²) in [6.45, 7) is 1.64. The van der Waals surface area contributed by atoms with Gasteiger partial charge in [-0.3, -0.25) is 9.59 Å². The van der Waals surface area contributed by atoms with Gasteiger partial charge in [-0.1, -0.05) is 12.1 Å². The summed E-state index contributed by atoms with van der Waals surface area (Å²) in [4.78, 5) is 24.8. The molecule has 0 saturated carbocycles. The maximum Gasteiger partial charge on any atom is 0.253 e. The van der Waals surface area contributed by atoms with Crippen molar-refractivity contribution in [1.29, 1.82) is 0 Å². The van der Waals surface area contributed by atoms with E-state index in [1.54, 1.807) is 31.4 Å². The summed E-state index contributed by atoms with van der Waals surface area (Å²) in [7, 11) is 1.61. The number of carbonyl (C=O) groups is 2. The Morgan fingerprint density at radius 3 is 2.60 bits per heavy atom. The summed E-state index contributed by atoms with van der Waals surface area (Å²) >= 11 is 0. The summed E-state index contributed by atoms with van der Waals surface area (Å²) < 4.78 is 16.3. The van der Waals surface area contributed by atoms with Gasteiger partial charge in [-0.25, -0.2) is 0 Å². The van der Waals surface area contributed by atoms with Gasteiger partial charge in [0.2, 0.25) is 5.91 Å². The molecule has 2 N–H and O–H groups in total. The number of hydrogen-bond acceptors (Lipinski definition) is 5. The Hall–Kier alpha value is -3.06. The van der Waals surface area contributed by atoms with Gasteiger partial charge in [0.05, 0.1) is 31.1 Å². The van der Waals surface area contributed by atoms with Crippen molar-refractivity contribution < 1.29 is 23.8 Å². The van der Waals surface area contributed by atoms with Crippen LogP contribution in [0.25, 0.3) is 0 Å². The summed E-state index contributed by atoms with van der Waals surface area (Å²) in [5.41, 5.74) is 0.946. The molecule has 30 heavy (non-hydrogen) atoms. The number of ether oxygens (including phenoxy) is 3. The van der Waals surface area contributed by atoms with Crippen LogP contribution in [0.15, 0.2) is 48.5 Å². The van der Waals surface area contributed by atoms with Gasteiger partial charge in [-0.15, -0.1) is 0 Å². The van der Waals surface area contributed by atoms with Crippen LogP contribution in [0.5, 0.6) is 11.5 Å².